The van der Waals surface area contributed by atoms with Crippen LogP contribution in [0.25, 0.3) is 0 Å². The summed E-state index contributed by atoms with van der Waals surface area (Å²) in [6.07, 6.45) is 0.0870. The Hall–Kier alpha value is -1.57. The van der Waals surface area contributed by atoms with Crippen molar-refractivity contribution in [1.82, 2.24) is 0 Å². The van der Waals surface area contributed by atoms with Crippen molar-refractivity contribution in [3.63, 3.8) is 0 Å². The molecule has 124 valence electrons. The number of nitrogens with two attached hydrogens (primary N) is 1. The van der Waals surface area contributed by atoms with Crippen LogP contribution in [-0.2, 0) is 16.6 Å². The second-order valence-corrected chi connectivity index (χ2v) is 7.82. The van der Waals surface area contributed by atoms with Crippen molar-refractivity contribution in [1.29, 1.82) is 0 Å². The van der Waals surface area contributed by atoms with Crippen LogP contribution in [0.3, 0.4) is 0 Å². The Bertz CT molecular complexity index is 774. The topological polar surface area (TPSA) is 81.4 Å². The van der Waals surface area contributed by atoms with Gasteiger partial charge in [-0.1, -0.05) is 15.9 Å². The van der Waals surface area contributed by atoms with Crippen molar-refractivity contribution < 1.29 is 13.2 Å². The van der Waals surface area contributed by atoms with Crippen LogP contribution in [0.2, 0.25) is 0 Å². The number of sulfonamides is 1. The first-order valence-electron chi connectivity index (χ1n) is 7.07. The van der Waals surface area contributed by atoms with E-state index in [4.69, 9.17) is 9.88 Å². The first-order chi connectivity index (χ1) is 10.8. The molecule has 2 aromatic carbocycles. The summed E-state index contributed by atoms with van der Waals surface area (Å²) in [6.45, 7) is 4.51. The Balaban J connectivity index is 2.13. The first kappa shape index (κ1) is 17.8. The molecule has 3 N–H and O–H groups in total. The predicted molar refractivity (Wildman–Crippen MR) is 95.0 cm³/mol. The molecule has 0 spiro atoms. The molecule has 0 aliphatic heterocycles. The summed E-state index contributed by atoms with van der Waals surface area (Å²) in [5, 5.41) is 8.33. The minimum Gasteiger partial charge on any atom is -0.491 e. The fourth-order valence-electron chi connectivity index (χ4n) is 2.01. The lowest BCUT2D eigenvalue weighted by Gasteiger charge is -2.15. The van der Waals surface area contributed by atoms with Gasteiger partial charge >= 0.3 is 0 Å². The Morgan fingerprint density at radius 1 is 1.17 bits per heavy atom. The zero-order chi connectivity index (χ0) is 17.0. The quantitative estimate of drug-likeness (QED) is 0.779. The summed E-state index contributed by atoms with van der Waals surface area (Å²) in [5.74, 6) is 0.817. The molecular formula is C16H19BrN2O3S. The van der Waals surface area contributed by atoms with Gasteiger partial charge in [0.25, 0.3) is 0 Å². The van der Waals surface area contributed by atoms with E-state index in [-0.39, 0.29) is 11.0 Å². The molecule has 7 heteroatoms. The number of nitrogens with one attached hydrogen (secondary N) is 1. The molecule has 0 radical (unpaired) electrons. The molecule has 5 nitrogen and oxygen atoms in total. The van der Waals surface area contributed by atoms with Gasteiger partial charge in [-0.2, -0.15) is 0 Å². The number of rotatable bonds is 6. The van der Waals surface area contributed by atoms with E-state index in [1.807, 2.05) is 32.0 Å². The van der Waals surface area contributed by atoms with Gasteiger partial charge in [-0.3, -0.25) is 0 Å². The second-order valence-electron chi connectivity index (χ2n) is 5.34. The maximum Gasteiger partial charge on any atom is 0.238 e. The number of ether oxygens (including phenoxy) is 1. The Morgan fingerprint density at radius 3 is 2.39 bits per heavy atom. The van der Waals surface area contributed by atoms with E-state index in [9.17, 15) is 8.42 Å². The molecule has 2 rings (SSSR count). The van der Waals surface area contributed by atoms with Crippen molar-refractivity contribution in [2.75, 3.05) is 5.32 Å². The highest BCUT2D eigenvalue weighted by atomic mass is 79.9. The Kier molecular flexibility index (Phi) is 5.67. The minimum atomic E-state index is -3.67. The van der Waals surface area contributed by atoms with Crippen LogP contribution in [-0.4, -0.2) is 14.5 Å². The first-order valence-corrected chi connectivity index (χ1v) is 9.41. The van der Waals surface area contributed by atoms with Gasteiger partial charge in [-0.25, -0.2) is 13.6 Å². The maximum absolute atomic E-state index is 11.2. The van der Waals surface area contributed by atoms with E-state index in [0.717, 1.165) is 21.5 Å². The van der Waals surface area contributed by atoms with E-state index in [1.165, 1.54) is 12.1 Å². The number of benzene rings is 2. The standard InChI is InChI=1S/C16H19BrN2O3S/c1-11(2)22-16-8-3-13(17)9-12(16)10-19-14-4-6-15(7-5-14)23(18,20)21/h3-9,11,19H,10H2,1-2H3,(H2,18,20,21). The van der Waals surface area contributed by atoms with E-state index in [2.05, 4.69) is 21.2 Å². The monoisotopic (exact) mass is 398 g/mol. The lowest BCUT2D eigenvalue weighted by molar-refractivity contribution is 0.240. The van der Waals surface area contributed by atoms with Gasteiger partial charge in [0.1, 0.15) is 5.75 Å². The number of hydrogen-bond acceptors (Lipinski definition) is 4. The van der Waals surface area contributed by atoms with Gasteiger partial charge in [-0.05, 0) is 56.3 Å². The molecule has 0 fully saturated rings. The molecule has 0 aliphatic carbocycles. The normalized spacial score (nSPS) is 11.5. The van der Waals surface area contributed by atoms with Crippen molar-refractivity contribution >= 4 is 31.6 Å². The summed E-state index contributed by atoms with van der Waals surface area (Å²) in [4.78, 5) is 0.0920. The van der Waals surface area contributed by atoms with Gasteiger partial charge in [0.05, 0.1) is 11.0 Å². The second kappa shape index (κ2) is 7.33. The molecule has 0 unspecified atom stereocenters. The minimum absolute atomic E-state index is 0.0870. The molecule has 0 bridgehead atoms. The summed E-state index contributed by atoms with van der Waals surface area (Å²) in [7, 11) is -3.67. The summed E-state index contributed by atoms with van der Waals surface area (Å²) >= 11 is 3.46. The van der Waals surface area contributed by atoms with Crippen molar-refractivity contribution in [2.45, 2.75) is 31.4 Å². The van der Waals surface area contributed by atoms with Gasteiger partial charge in [0, 0.05) is 22.3 Å². The zero-order valence-corrected chi connectivity index (χ0v) is 15.3. The van der Waals surface area contributed by atoms with E-state index in [1.54, 1.807) is 12.1 Å². The Morgan fingerprint density at radius 2 is 1.83 bits per heavy atom. The fourth-order valence-corrected chi connectivity index (χ4v) is 2.94. The van der Waals surface area contributed by atoms with Crippen LogP contribution in [0.5, 0.6) is 5.75 Å². The molecule has 0 heterocycles. The van der Waals surface area contributed by atoms with E-state index in [0.29, 0.717) is 6.54 Å². The van der Waals surface area contributed by atoms with Gasteiger partial charge in [0.15, 0.2) is 0 Å². The third-order valence-corrected chi connectivity index (χ3v) is 4.47. The number of hydrogen-bond donors (Lipinski definition) is 2. The number of halogens is 1. The largest absolute Gasteiger partial charge is 0.491 e. The lowest BCUT2D eigenvalue weighted by atomic mass is 10.2. The van der Waals surface area contributed by atoms with Gasteiger partial charge < -0.3 is 10.1 Å². The number of primary sulfonamides is 1. The highest BCUT2D eigenvalue weighted by molar-refractivity contribution is 9.10. The smallest absolute Gasteiger partial charge is 0.238 e. The molecule has 0 aromatic heterocycles. The fraction of sp³-hybridized carbons (Fsp3) is 0.250. The molecule has 23 heavy (non-hydrogen) atoms. The maximum atomic E-state index is 11.2. The molecule has 0 saturated carbocycles. The average Bonchev–Trinajstić information content (AvgIpc) is 2.46. The highest BCUT2D eigenvalue weighted by Crippen LogP contribution is 2.25. The molecule has 0 saturated heterocycles. The zero-order valence-electron chi connectivity index (χ0n) is 12.9. The van der Waals surface area contributed by atoms with Crippen molar-refractivity contribution in [3.05, 3.63) is 52.5 Å². The van der Waals surface area contributed by atoms with Crippen LogP contribution >= 0.6 is 15.9 Å². The molecule has 0 aliphatic rings. The van der Waals surface area contributed by atoms with Crippen LogP contribution in [0.1, 0.15) is 19.4 Å². The molecular weight excluding hydrogens is 380 g/mol. The van der Waals surface area contributed by atoms with Crippen LogP contribution in [0.4, 0.5) is 5.69 Å². The van der Waals surface area contributed by atoms with Gasteiger partial charge in [-0.15, -0.1) is 0 Å². The van der Waals surface area contributed by atoms with Crippen molar-refractivity contribution in [2.24, 2.45) is 5.14 Å². The van der Waals surface area contributed by atoms with Gasteiger partial charge in [0.2, 0.25) is 10.0 Å². The Labute approximate surface area is 145 Å². The molecule has 0 amide bonds. The highest BCUT2D eigenvalue weighted by Gasteiger charge is 2.09. The van der Waals surface area contributed by atoms with E-state index >= 15 is 0 Å². The SMILES string of the molecule is CC(C)Oc1ccc(Br)cc1CNc1ccc(S(N)(=O)=O)cc1. The van der Waals surface area contributed by atoms with Crippen molar-refractivity contribution in [3.8, 4) is 5.75 Å². The van der Waals surface area contributed by atoms with E-state index < -0.39 is 10.0 Å². The number of anilines is 1. The molecule has 2 aromatic rings. The lowest BCUT2D eigenvalue weighted by Crippen LogP contribution is -2.12. The third-order valence-electron chi connectivity index (χ3n) is 3.05. The average molecular weight is 399 g/mol. The van der Waals surface area contributed by atoms with Crippen LogP contribution < -0.4 is 15.2 Å². The molecule has 0 atom stereocenters. The van der Waals surface area contributed by atoms with Crippen LogP contribution in [0, 0.1) is 0 Å². The third kappa shape index (κ3) is 5.23. The van der Waals surface area contributed by atoms with Crippen LogP contribution in [0.15, 0.2) is 51.8 Å². The summed E-state index contributed by atoms with van der Waals surface area (Å²) in [6, 6.07) is 12.2. The summed E-state index contributed by atoms with van der Waals surface area (Å²) in [5.41, 5.74) is 1.80. The predicted octanol–water partition coefficient (Wildman–Crippen LogP) is 3.50. The summed E-state index contributed by atoms with van der Waals surface area (Å²) < 4.78 is 29.3.